The van der Waals surface area contributed by atoms with Crippen LogP contribution in [0.3, 0.4) is 0 Å². The summed E-state index contributed by atoms with van der Waals surface area (Å²) in [5.74, 6) is -0.480. The van der Waals surface area contributed by atoms with Gasteiger partial charge in [0.15, 0.2) is 0 Å². The van der Waals surface area contributed by atoms with E-state index < -0.39 is 10.7 Å². The first kappa shape index (κ1) is 13.8. The molecule has 7 heteroatoms. The van der Waals surface area contributed by atoms with E-state index in [4.69, 9.17) is 11.6 Å². The zero-order valence-corrected chi connectivity index (χ0v) is 11.7. The van der Waals surface area contributed by atoms with E-state index in [2.05, 4.69) is 21.2 Å². The highest BCUT2D eigenvalue weighted by atomic mass is 79.9. The maximum Gasteiger partial charge on any atom is 0.293 e. The lowest BCUT2D eigenvalue weighted by Crippen LogP contribution is -1.98. The molecule has 0 spiro atoms. The van der Waals surface area contributed by atoms with Crippen molar-refractivity contribution in [2.75, 3.05) is 5.32 Å². The maximum absolute atomic E-state index is 13.1. The predicted octanol–water partition coefficient (Wildman–Crippen LogP) is 4.89. The molecule has 0 aliphatic rings. The first-order chi connectivity index (χ1) is 8.97. The van der Waals surface area contributed by atoms with Crippen LogP contribution in [-0.2, 0) is 0 Å². The van der Waals surface area contributed by atoms with Gasteiger partial charge in [-0.05, 0) is 30.3 Å². The van der Waals surface area contributed by atoms with Gasteiger partial charge in [0, 0.05) is 10.5 Å². The Kier molecular flexibility index (Phi) is 4.01. The standard InChI is InChI=1S/C12H7BrClFN2O2/c13-7-1-4-10(12(5-7)17(18)19)16-11-6-8(15)2-3-9(11)14/h1-6,16H. The minimum atomic E-state index is -0.527. The van der Waals surface area contributed by atoms with E-state index in [1.165, 1.54) is 30.3 Å². The molecule has 1 N–H and O–H groups in total. The minimum Gasteiger partial charge on any atom is -0.349 e. The number of rotatable bonds is 3. The van der Waals surface area contributed by atoms with Crippen LogP contribution in [0.25, 0.3) is 0 Å². The van der Waals surface area contributed by atoms with Crippen LogP contribution in [-0.4, -0.2) is 4.92 Å². The van der Waals surface area contributed by atoms with Crippen LogP contribution in [0.15, 0.2) is 40.9 Å². The Hall–Kier alpha value is -1.66. The van der Waals surface area contributed by atoms with Crippen molar-refractivity contribution in [3.05, 3.63) is 61.8 Å². The van der Waals surface area contributed by atoms with Gasteiger partial charge in [-0.1, -0.05) is 27.5 Å². The van der Waals surface area contributed by atoms with Gasteiger partial charge in [-0.25, -0.2) is 4.39 Å². The summed E-state index contributed by atoms with van der Waals surface area (Å²) in [4.78, 5) is 10.4. The Labute approximate surface area is 121 Å². The highest BCUT2D eigenvalue weighted by Crippen LogP contribution is 2.33. The summed E-state index contributed by atoms with van der Waals surface area (Å²) in [5, 5.41) is 14.0. The van der Waals surface area contributed by atoms with Crippen LogP contribution in [0.2, 0.25) is 5.02 Å². The molecular formula is C12H7BrClFN2O2. The summed E-state index contributed by atoms with van der Waals surface area (Å²) in [6, 6.07) is 8.28. The molecule has 2 rings (SSSR count). The van der Waals surface area contributed by atoms with Crippen LogP contribution < -0.4 is 5.32 Å². The first-order valence-corrected chi connectivity index (χ1v) is 6.30. The molecule has 0 saturated carbocycles. The molecule has 0 aromatic heterocycles. The number of halogens is 3. The van der Waals surface area contributed by atoms with Crippen LogP contribution >= 0.6 is 27.5 Å². The number of nitrogens with one attached hydrogen (secondary N) is 1. The average molecular weight is 346 g/mol. The molecule has 0 unspecified atom stereocenters. The van der Waals surface area contributed by atoms with Gasteiger partial charge in [0.25, 0.3) is 5.69 Å². The lowest BCUT2D eigenvalue weighted by atomic mass is 10.2. The highest BCUT2D eigenvalue weighted by molar-refractivity contribution is 9.10. The molecule has 2 aromatic rings. The van der Waals surface area contributed by atoms with Crippen LogP contribution in [0.1, 0.15) is 0 Å². The van der Waals surface area contributed by atoms with Gasteiger partial charge < -0.3 is 5.32 Å². The Morgan fingerprint density at radius 2 is 1.95 bits per heavy atom. The Morgan fingerprint density at radius 1 is 1.21 bits per heavy atom. The number of benzene rings is 2. The van der Waals surface area contributed by atoms with Crippen molar-refractivity contribution in [1.29, 1.82) is 0 Å². The predicted molar refractivity (Wildman–Crippen MR) is 75.5 cm³/mol. The van der Waals surface area contributed by atoms with Gasteiger partial charge >= 0.3 is 0 Å². The molecule has 98 valence electrons. The van der Waals surface area contributed by atoms with E-state index in [1.54, 1.807) is 6.07 Å². The smallest absolute Gasteiger partial charge is 0.293 e. The third-order valence-corrected chi connectivity index (χ3v) is 3.18. The summed E-state index contributed by atoms with van der Waals surface area (Å²) in [5.41, 5.74) is 0.377. The fraction of sp³-hybridized carbons (Fsp3) is 0. The summed E-state index contributed by atoms with van der Waals surface area (Å²) < 4.78 is 13.7. The van der Waals surface area contributed by atoms with E-state index in [-0.39, 0.29) is 22.1 Å². The lowest BCUT2D eigenvalue weighted by molar-refractivity contribution is -0.384. The van der Waals surface area contributed by atoms with Crippen molar-refractivity contribution in [2.45, 2.75) is 0 Å². The number of nitro benzene ring substituents is 1. The van der Waals surface area contributed by atoms with Crippen LogP contribution in [0.4, 0.5) is 21.5 Å². The molecule has 0 aliphatic heterocycles. The van der Waals surface area contributed by atoms with Crippen LogP contribution in [0, 0.1) is 15.9 Å². The van der Waals surface area contributed by atoms with Crippen molar-refractivity contribution in [1.82, 2.24) is 0 Å². The monoisotopic (exact) mass is 344 g/mol. The Balaban J connectivity index is 2.43. The van der Waals surface area contributed by atoms with Crippen molar-refractivity contribution in [2.24, 2.45) is 0 Å². The molecule has 19 heavy (non-hydrogen) atoms. The highest BCUT2D eigenvalue weighted by Gasteiger charge is 2.15. The van der Waals surface area contributed by atoms with Crippen molar-refractivity contribution in [3.63, 3.8) is 0 Å². The van der Waals surface area contributed by atoms with E-state index in [0.29, 0.717) is 4.47 Å². The largest absolute Gasteiger partial charge is 0.349 e. The minimum absolute atomic E-state index is 0.130. The van der Waals surface area contributed by atoms with Crippen LogP contribution in [0.5, 0.6) is 0 Å². The molecule has 0 aliphatic carbocycles. The van der Waals surface area contributed by atoms with Gasteiger partial charge in [0.05, 0.1) is 15.6 Å². The van der Waals surface area contributed by atoms with Crippen molar-refractivity contribution in [3.8, 4) is 0 Å². The Bertz CT molecular complexity index is 652. The van der Waals surface area contributed by atoms with E-state index in [0.717, 1.165) is 0 Å². The summed E-state index contributed by atoms with van der Waals surface area (Å²) in [7, 11) is 0. The van der Waals surface area contributed by atoms with Crippen molar-refractivity contribution < 1.29 is 9.31 Å². The van der Waals surface area contributed by atoms with E-state index in [1.807, 2.05) is 0 Å². The quantitative estimate of drug-likeness (QED) is 0.636. The molecule has 0 saturated heterocycles. The average Bonchev–Trinajstić information content (AvgIpc) is 2.35. The second-order valence-electron chi connectivity index (χ2n) is 3.67. The van der Waals surface area contributed by atoms with Gasteiger partial charge in [-0.3, -0.25) is 10.1 Å². The number of nitro groups is 1. The normalized spacial score (nSPS) is 10.3. The maximum atomic E-state index is 13.1. The van der Waals surface area contributed by atoms with Gasteiger partial charge in [0.2, 0.25) is 0 Å². The second kappa shape index (κ2) is 5.54. The number of anilines is 2. The molecule has 0 bridgehead atoms. The van der Waals surface area contributed by atoms with Gasteiger partial charge in [-0.15, -0.1) is 0 Å². The Morgan fingerprint density at radius 3 is 2.63 bits per heavy atom. The summed E-state index contributed by atoms with van der Waals surface area (Å²) >= 11 is 9.06. The molecule has 0 amide bonds. The third-order valence-electron chi connectivity index (χ3n) is 2.35. The third kappa shape index (κ3) is 3.21. The molecule has 0 atom stereocenters. The second-order valence-corrected chi connectivity index (χ2v) is 4.99. The summed E-state index contributed by atoms with van der Waals surface area (Å²) in [6.45, 7) is 0. The molecular weight excluding hydrogens is 338 g/mol. The fourth-order valence-electron chi connectivity index (χ4n) is 1.50. The molecule has 0 radical (unpaired) electrons. The summed E-state index contributed by atoms with van der Waals surface area (Å²) in [6.07, 6.45) is 0. The first-order valence-electron chi connectivity index (χ1n) is 5.13. The number of hydrogen-bond donors (Lipinski definition) is 1. The number of hydrogen-bond acceptors (Lipinski definition) is 3. The molecule has 4 nitrogen and oxygen atoms in total. The van der Waals surface area contributed by atoms with Gasteiger partial charge in [0.1, 0.15) is 11.5 Å². The van der Waals surface area contributed by atoms with E-state index >= 15 is 0 Å². The SMILES string of the molecule is O=[N+]([O-])c1cc(Br)ccc1Nc1cc(F)ccc1Cl. The van der Waals surface area contributed by atoms with E-state index in [9.17, 15) is 14.5 Å². The lowest BCUT2D eigenvalue weighted by Gasteiger charge is -2.09. The molecule has 0 fully saturated rings. The van der Waals surface area contributed by atoms with Gasteiger partial charge in [-0.2, -0.15) is 0 Å². The topological polar surface area (TPSA) is 55.2 Å². The fourth-order valence-corrected chi connectivity index (χ4v) is 2.01. The zero-order valence-electron chi connectivity index (χ0n) is 9.36. The number of nitrogens with zero attached hydrogens (tertiary/aromatic N) is 1. The molecule has 2 aromatic carbocycles. The zero-order chi connectivity index (χ0) is 14.0. The molecule has 0 heterocycles. The van der Waals surface area contributed by atoms with Crippen molar-refractivity contribution >= 4 is 44.6 Å².